The molecule has 0 unspecified atom stereocenters. The molecular weight excluding hydrogens is 643 g/mol. The van der Waals surface area contributed by atoms with E-state index >= 15 is 0 Å². The van der Waals surface area contributed by atoms with Crippen LogP contribution in [-0.4, -0.2) is 5.11 Å². The fourth-order valence-corrected chi connectivity index (χ4v) is 4.44. The Morgan fingerprint density at radius 1 is 0.488 bits per heavy atom. The summed E-state index contributed by atoms with van der Waals surface area (Å²) in [7, 11) is 0. The summed E-state index contributed by atoms with van der Waals surface area (Å²) in [4.78, 5) is 0. The lowest BCUT2D eigenvalue weighted by Crippen LogP contribution is -1.93. The maximum absolute atomic E-state index is 8.63. The molecule has 0 heterocycles. The van der Waals surface area contributed by atoms with Gasteiger partial charge in [-0.25, -0.2) is 0 Å². The van der Waals surface area contributed by atoms with Gasteiger partial charge in [-0.2, -0.15) is 0 Å². The highest BCUT2D eigenvalue weighted by atomic mass is 79.9. The highest BCUT2D eigenvalue weighted by Crippen LogP contribution is 2.36. The average Bonchev–Trinajstić information content (AvgIpc) is 3.04. The average molecular weight is 672 g/mol. The first-order chi connectivity index (χ1) is 21.0. The van der Waals surface area contributed by atoms with E-state index in [0.29, 0.717) is 21.5 Å². The summed E-state index contributed by atoms with van der Waals surface area (Å²) in [6.45, 7) is 0. The van der Waals surface area contributed by atoms with E-state index in [1.165, 1.54) is 0 Å². The van der Waals surface area contributed by atoms with E-state index in [0.717, 1.165) is 33.0 Å². The molecule has 216 valence electrons. The maximum atomic E-state index is 8.63. The molecule has 0 aliphatic rings. The van der Waals surface area contributed by atoms with Gasteiger partial charge in [0.2, 0.25) is 0 Å². The van der Waals surface area contributed by atoms with Crippen LogP contribution in [0.5, 0.6) is 17.2 Å². The molecule has 0 radical (unpaired) electrons. The zero-order valence-electron chi connectivity index (χ0n) is 23.0. The number of anilines is 4. The van der Waals surface area contributed by atoms with Gasteiger partial charge in [0.1, 0.15) is 22.3 Å². The molecule has 0 aliphatic carbocycles. The lowest BCUT2D eigenvalue weighted by Gasteiger charge is -2.12. The number of nitrogens with one attached hydrogen (secondary N) is 2. The SMILES string of the molecule is Clc1c(Br)cccc1Nc1ccccc1.Clc1c(Nc2ccccc2)cccc1Oc1ccccc1.Oc1ccccc1. The van der Waals surface area contributed by atoms with E-state index in [1.54, 1.807) is 24.3 Å². The van der Waals surface area contributed by atoms with Crippen molar-refractivity contribution in [1.29, 1.82) is 0 Å². The van der Waals surface area contributed by atoms with Crippen LogP contribution in [0.25, 0.3) is 0 Å². The Bertz CT molecular complexity index is 1610. The van der Waals surface area contributed by atoms with Gasteiger partial charge in [0.05, 0.1) is 16.4 Å². The molecule has 0 atom stereocenters. The monoisotopic (exact) mass is 670 g/mol. The summed E-state index contributed by atoms with van der Waals surface area (Å²) >= 11 is 15.9. The van der Waals surface area contributed by atoms with Gasteiger partial charge in [0.25, 0.3) is 0 Å². The number of hydrogen-bond acceptors (Lipinski definition) is 4. The van der Waals surface area contributed by atoms with Gasteiger partial charge < -0.3 is 20.5 Å². The van der Waals surface area contributed by atoms with Crippen LogP contribution in [0.15, 0.2) is 162 Å². The molecule has 3 N–H and O–H groups in total. The molecule has 0 bridgehead atoms. The molecule has 0 saturated carbocycles. The second-order valence-electron chi connectivity index (χ2n) is 8.95. The standard InChI is InChI=1S/C18H14ClNO.C12H9BrClN.C6H6O/c19-18-16(20-14-8-3-1-4-9-14)12-7-13-17(18)21-15-10-5-2-6-11-15;13-10-7-4-8-11(12(10)14)15-9-5-2-1-3-6-9;7-6-4-2-1-3-5-6/h1-13,20H;1-8,15H;1-5,7H. The van der Waals surface area contributed by atoms with Crippen LogP contribution < -0.4 is 15.4 Å². The van der Waals surface area contributed by atoms with Crippen molar-refractivity contribution >= 4 is 61.9 Å². The van der Waals surface area contributed by atoms with Crippen molar-refractivity contribution in [1.82, 2.24) is 0 Å². The van der Waals surface area contributed by atoms with Gasteiger partial charge in [-0.1, -0.05) is 108 Å². The molecular formula is C36H29BrCl2N2O2. The van der Waals surface area contributed by atoms with E-state index in [4.69, 9.17) is 33.0 Å². The van der Waals surface area contributed by atoms with Crippen molar-refractivity contribution in [2.75, 3.05) is 10.6 Å². The van der Waals surface area contributed by atoms with Gasteiger partial charge in [-0.3, -0.25) is 0 Å². The molecule has 0 aliphatic heterocycles. The van der Waals surface area contributed by atoms with Crippen molar-refractivity contribution in [2.24, 2.45) is 0 Å². The molecule has 4 nitrogen and oxygen atoms in total. The van der Waals surface area contributed by atoms with Crippen molar-refractivity contribution in [3.63, 3.8) is 0 Å². The summed E-state index contributed by atoms with van der Waals surface area (Å²) in [5.41, 5.74) is 3.72. The minimum atomic E-state index is 0.322. The number of benzene rings is 6. The Morgan fingerprint density at radius 2 is 0.930 bits per heavy atom. The zero-order chi connectivity index (χ0) is 30.3. The van der Waals surface area contributed by atoms with Crippen LogP contribution in [0.3, 0.4) is 0 Å². The number of rotatable bonds is 6. The summed E-state index contributed by atoms with van der Waals surface area (Å²) in [6, 6.07) is 49.6. The number of halogens is 3. The maximum Gasteiger partial charge on any atom is 0.148 e. The predicted molar refractivity (Wildman–Crippen MR) is 185 cm³/mol. The Morgan fingerprint density at radius 3 is 1.42 bits per heavy atom. The first-order valence-corrected chi connectivity index (χ1v) is 14.9. The number of hydrogen-bond donors (Lipinski definition) is 3. The number of phenols is 1. The van der Waals surface area contributed by atoms with Crippen LogP contribution in [0.2, 0.25) is 10.0 Å². The van der Waals surface area contributed by atoms with Gasteiger partial charge in [-0.15, -0.1) is 0 Å². The molecule has 0 fully saturated rings. The van der Waals surface area contributed by atoms with E-state index in [1.807, 2.05) is 133 Å². The number of phenolic OH excluding ortho intramolecular Hbond substituents is 1. The third-order valence-corrected chi connectivity index (χ3v) is 7.43. The topological polar surface area (TPSA) is 53.5 Å². The summed E-state index contributed by atoms with van der Waals surface area (Å²) in [6.07, 6.45) is 0. The van der Waals surface area contributed by atoms with E-state index in [2.05, 4.69) is 26.6 Å². The van der Waals surface area contributed by atoms with Crippen molar-refractivity contribution in [2.45, 2.75) is 0 Å². The lowest BCUT2D eigenvalue weighted by atomic mass is 10.2. The van der Waals surface area contributed by atoms with Gasteiger partial charge in [0.15, 0.2) is 0 Å². The fourth-order valence-electron chi connectivity index (χ4n) is 3.68. The summed E-state index contributed by atoms with van der Waals surface area (Å²) < 4.78 is 6.71. The molecule has 6 aromatic rings. The number of ether oxygens (including phenoxy) is 1. The second-order valence-corrected chi connectivity index (χ2v) is 10.6. The molecule has 0 aromatic heterocycles. The van der Waals surface area contributed by atoms with Crippen molar-refractivity contribution in [3.05, 3.63) is 172 Å². The largest absolute Gasteiger partial charge is 0.508 e. The molecule has 6 aromatic carbocycles. The van der Waals surface area contributed by atoms with E-state index < -0.39 is 0 Å². The van der Waals surface area contributed by atoms with Crippen LogP contribution in [0.4, 0.5) is 22.7 Å². The Labute approximate surface area is 270 Å². The minimum Gasteiger partial charge on any atom is -0.508 e. The lowest BCUT2D eigenvalue weighted by molar-refractivity contribution is 0.475. The van der Waals surface area contributed by atoms with E-state index in [9.17, 15) is 0 Å². The van der Waals surface area contributed by atoms with Crippen molar-refractivity contribution < 1.29 is 9.84 Å². The van der Waals surface area contributed by atoms with Gasteiger partial charge in [-0.05, 0) is 88.7 Å². The normalized spacial score (nSPS) is 9.84. The Hall–Kier alpha value is -4.42. The van der Waals surface area contributed by atoms with Crippen LogP contribution in [-0.2, 0) is 0 Å². The van der Waals surface area contributed by atoms with Crippen LogP contribution in [0.1, 0.15) is 0 Å². The molecule has 0 amide bonds. The third kappa shape index (κ3) is 10.4. The summed E-state index contributed by atoms with van der Waals surface area (Å²) in [5.74, 6) is 1.71. The molecule has 7 heteroatoms. The smallest absolute Gasteiger partial charge is 0.148 e. The number of para-hydroxylation sites is 4. The number of aromatic hydroxyl groups is 1. The zero-order valence-corrected chi connectivity index (χ0v) is 26.1. The minimum absolute atomic E-state index is 0.322. The van der Waals surface area contributed by atoms with Gasteiger partial charge >= 0.3 is 0 Å². The quantitative estimate of drug-likeness (QED) is 0.165. The highest BCUT2D eigenvalue weighted by Gasteiger charge is 2.08. The first kappa shape index (κ1) is 31.5. The third-order valence-electron chi connectivity index (χ3n) is 5.75. The van der Waals surface area contributed by atoms with E-state index in [-0.39, 0.29) is 0 Å². The van der Waals surface area contributed by atoms with Crippen molar-refractivity contribution in [3.8, 4) is 17.2 Å². The molecule has 0 saturated heterocycles. The molecule has 6 rings (SSSR count). The fraction of sp³-hybridized carbons (Fsp3) is 0. The molecule has 43 heavy (non-hydrogen) atoms. The Kier molecular flexibility index (Phi) is 12.4. The molecule has 0 spiro atoms. The van der Waals surface area contributed by atoms with Gasteiger partial charge in [0, 0.05) is 15.8 Å². The summed E-state index contributed by atoms with van der Waals surface area (Å²) in [5, 5.41) is 16.4. The second kappa shape index (κ2) is 16.9. The Balaban J connectivity index is 0.000000167. The predicted octanol–water partition coefficient (Wildman–Crippen LogP) is 12.1. The van der Waals surface area contributed by atoms with Crippen LogP contribution in [0, 0.1) is 0 Å². The van der Waals surface area contributed by atoms with Crippen LogP contribution >= 0.6 is 39.1 Å². The first-order valence-electron chi connectivity index (χ1n) is 13.3. The highest BCUT2D eigenvalue weighted by molar-refractivity contribution is 9.10.